The molecule has 1 N–H and O–H groups in total. The Kier molecular flexibility index (Phi) is 3.13. The molecule has 0 aromatic carbocycles. The Morgan fingerprint density at radius 1 is 1.32 bits per heavy atom. The Morgan fingerprint density at radius 3 is 3.05 bits per heavy atom. The summed E-state index contributed by atoms with van der Waals surface area (Å²) in [4.78, 5) is 11.7. The van der Waals surface area contributed by atoms with E-state index in [4.69, 9.17) is 12.2 Å². The molecule has 0 amide bonds. The zero-order valence-corrected chi connectivity index (χ0v) is 11.4. The summed E-state index contributed by atoms with van der Waals surface area (Å²) >= 11 is 5.38. The van der Waals surface area contributed by atoms with Gasteiger partial charge < -0.3 is 9.55 Å². The third kappa shape index (κ3) is 2.17. The van der Waals surface area contributed by atoms with Crippen molar-refractivity contribution in [3.8, 4) is 0 Å². The number of hydrogen-bond donors (Lipinski definition) is 1. The van der Waals surface area contributed by atoms with Crippen LogP contribution in [0.5, 0.6) is 0 Å². The van der Waals surface area contributed by atoms with E-state index in [-0.39, 0.29) is 0 Å². The number of nitrogens with one attached hydrogen (secondary N) is 1. The van der Waals surface area contributed by atoms with Crippen LogP contribution in [0.1, 0.15) is 18.2 Å². The second kappa shape index (κ2) is 4.93. The van der Waals surface area contributed by atoms with Crippen molar-refractivity contribution < 1.29 is 0 Å². The fourth-order valence-electron chi connectivity index (χ4n) is 2.25. The lowest BCUT2D eigenvalue weighted by atomic mass is 10.1. The summed E-state index contributed by atoms with van der Waals surface area (Å²) in [7, 11) is 0. The Balaban J connectivity index is 2.11. The van der Waals surface area contributed by atoms with Crippen molar-refractivity contribution in [2.45, 2.75) is 19.9 Å². The topological polar surface area (TPSA) is 46.5 Å². The Hall–Kier alpha value is -2.01. The third-order valence-electron chi connectivity index (χ3n) is 3.25. The van der Waals surface area contributed by atoms with Crippen molar-refractivity contribution >= 4 is 23.3 Å². The Bertz CT molecular complexity index is 772. The lowest BCUT2D eigenvalue weighted by Gasteiger charge is -2.08. The molecule has 0 atom stereocenters. The maximum atomic E-state index is 5.38. The van der Waals surface area contributed by atoms with Crippen LogP contribution in [-0.2, 0) is 13.0 Å². The smallest absolute Gasteiger partial charge is 0.178 e. The van der Waals surface area contributed by atoms with Gasteiger partial charge in [-0.15, -0.1) is 0 Å². The number of nitrogens with zero attached hydrogens (tertiary/aromatic N) is 3. The van der Waals surface area contributed by atoms with Crippen LogP contribution in [0.4, 0.5) is 0 Å². The van der Waals surface area contributed by atoms with E-state index < -0.39 is 0 Å². The van der Waals surface area contributed by atoms with Gasteiger partial charge in [0.2, 0.25) is 0 Å². The molecule has 3 rings (SSSR count). The van der Waals surface area contributed by atoms with Crippen molar-refractivity contribution in [2.24, 2.45) is 0 Å². The van der Waals surface area contributed by atoms with E-state index in [1.807, 2.05) is 18.3 Å². The van der Waals surface area contributed by atoms with Crippen molar-refractivity contribution in [3.05, 3.63) is 52.8 Å². The highest BCUT2D eigenvalue weighted by molar-refractivity contribution is 7.71. The molecular formula is C14H14N4S. The lowest BCUT2D eigenvalue weighted by Crippen LogP contribution is -2.05. The third-order valence-corrected chi connectivity index (χ3v) is 3.57. The molecule has 0 radical (unpaired) electrons. The van der Waals surface area contributed by atoms with Crippen LogP contribution in [-0.4, -0.2) is 19.5 Å². The quantitative estimate of drug-likeness (QED) is 0.744. The van der Waals surface area contributed by atoms with Gasteiger partial charge in [0.05, 0.1) is 29.5 Å². The van der Waals surface area contributed by atoms with Gasteiger partial charge in [-0.1, -0.05) is 13.0 Å². The molecule has 0 fully saturated rings. The van der Waals surface area contributed by atoms with Crippen LogP contribution in [0.15, 0.2) is 36.8 Å². The number of aromatic amines is 1. The molecule has 0 aliphatic rings. The minimum absolute atomic E-state index is 0.687. The highest BCUT2D eigenvalue weighted by Crippen LogP contribution is 2.15. The fraction of sp³-hybridized carbons (Fsp3) is 0.214. The second-order valence-corrected chi connectivity index (χ2v) is 4.76. The van der Waals surface area contributed by atoms with Crippen molar-refractivity contribution in [2.75, 3.05) is 0 Å². The Labute approximate surface area is 116 Å². The van der Waals surface area contributed by atoms with Crippen molar-refractivity contribution in [1.82, 2.24) is 19.5 Å². The zero-order valence-electron chi connectivity index (χ0n) is 10.6. The summed E-state index contributed by atoms with van der Waals surface area (Å²) < 4.78 is 2.77. The normalized spacial score (nSPS) is 11.0. The molecular weight excluding hydrogens is 256 g/mol. The molecule has 3 aromatic heterocycles. The molecule has 0 saturated carbocycles. The molecule has 3 aromatic rings. The molecule has 19 heavy (non-hydrogen) atoms. The highest BCUT2D eigenvalue weighted by Gasteiger charge is 2.07. The van der Waals surface area contributed by atoms with Crippen LogP contribution in [0.2, 0.25) is 0 Å². The predicted octanol–water partition coefficient (Wildman–Crippen LogP) is 3.10. The number of imidazole rings is 1. The number of fused-ring (bicyclic) bond motifs is 1. The lowest BCUT2D eigenvalue weighted by molar-refractivity contribution is 0.771. The maximum absolute atomic E-state index is 5.38. The van der Waals surface area contributed by atoms with Crippen LogP contribution in [0.25, 0.3) is 11.0 Å². The molecule has 0 bridgehead atoms. The molecule has 0 spiro atoms. The first kappa shape index (κ1) is 12.0. The van der Waals surface area contributed by atoms with Gasteiger partial charge in [0.15, 0.2) is 4.77 Å². The second-order valence-electron chi connectivity index (χ2n) is 4.37. The molecule has 0 aliphatic heterocycles. The molecule has 0 aliphatic carbocycles. The van der Waals surface area contributed by atoms with Crippen LogP contribution < -0.4 is 0 Å². The SMILES string of the molecule is CCc1cccnc1Cn1c(=S)[nH]c2cnccc21. The first-order valence-corrected chi connectivity index (χ1v) is 6.65. The van der Waals surface area contributed by atoms with Gasteiger partial charge in [0, 0.05) is 12.4 Å². The van der Waals surface area contributed by atoms with Gasteiger partial charge in [-0.05, 0) is 36.3 Å². The van der Waals surface area contributed by atoms with E-state index >= 15 is 0 Å². The molecule has 5 heteroatoms. The van der Waals surface area contributed by atoms with E-state index in [0.717, 1.165) is 23.1 Å². The minimum atomic E-state index is 0.687. The van der Waals surface area contributed by atoms with Crippen LogP contribution in [0.3, 0.4) is 0 Å². The zero-order chi connectivity index (χ0) is 13.2. The molecule has 0 unspecified atom stereocenters. The first-order valence-electron chi connectivity index (χ1n) is 6.25. The standard InChI is InChI=1S/C14H14N4S/c1-2-10-4-3-6-16-12(10)9-18-13-5-7-15-8-11(13)17-14(18)19/h3-8H,2,9H2,1H3,(H,17,19). The highest BCUT2D eigenvalue weighted by atomic mass is 32.1. The number of aromatic nitrogens is 4. The maximum Gasteiger partial charge on any atom is 0.178 e. The van der Waals surface area contributed by atoms with Crippen molar-refractivity contribution in [3.63, 3.8) is 0 Å². The van der Waals surface area contributed by atoms with E-state index in [9.17, 15) is 0 Å². The van der Waals surface area contributed by atoms with Crippen molar-refractivity contribution in [1.29, 1.82) is 0 Å². The van der Waals surface area contributed by atoms with Gasteiger partial charge in [-0.2, -0.15) is 0 Å². The first-order chi connectivity index (χ1) is 9.29. The molecule has 4 nitrogen and oxygen atoms in total. The summed E-state index contributed by atoms with van der Waals surface area (Å²) in [5.74, 6) is 0. The summed E-state index contributed by atoms with van der Waals surface area (Å²) in [5.41, 5.74) is 4.35. The molecule has 96 valence electrons. The molecule has 3 heterocycles. The average molecular weight is 270 g/mol. The van der Waals surface area contributed by atoms with Gasteiger partial charge in [-0.3, -0.25) is 9.97 Å². The summed E-state index contributed by atoms with van der Waals surface area (Å²) in [6.45, 7) is 2.83. The van der Waals surface area contributed by atoms with E-state index in [2.05, 4.69) is 32.5 Å². The van der Waals surface area contributed by atoms with Gasteiger partial charge in [-0.25, -0.2) is 0 Å². The van der Waals surface area contributed by atoms with E-state index in [1.54, 1.807) is 12.4 Å². The summed E-state index contributed by atoms with van der Waals surface area (Å²) in [5, 5.41) is 0. The van der Waals surface area contributed by atoms with Crippen LogP contribution in [0, 0.1) is 4.77 Å². The minimum Gasteiger partial charge on any atom is -0.329 e. The average Bonchev–Trinajstić information content (AvgIpc) is 2.76. The summed E-state index contributed by atoms with van der Waals surface area (Å²) in [6.07, 6.45) is 6.37. The Morgan fingerprint density at radius 2 is 2.21 bits per heavy atom. The van der Waals surface area contributed by atoms with Gasteiger partial charge in [0.25, 0.3) is 0 Å². The number of rotatable bonds is 3. The van der Waals surface area contributed by atoms with Crippen LogP contribution >= 0.6 is 12.2 Å². The summed E-state index contributed by atoms with van der Waals surface area (Å²) in [6, 6.07) is 6.05. The molecule has 0 saturated heterocycles. The van der Waals surface area contributed by atoms with E-state index in [1.165, 1.54) is 5.56 Å². The largest absolute Gasteiger partial charge is 0.329 e. The fourth-order valence-corrected chi connectivity index (χ4v) is 2.53. The number of pyridine rings is 2. The predicted molar refractivity (Wildman–Crippen MR) is 77.6 cm³/mol. The van der Waals surface area contributed by atoms with Gasteiger partial charge in [0.1, 0.15) is 0 Å². The number of H-pyrrole nitrogens is 1. The number of hydrogen-bond acceptors (Lipinski definition) is 3. The monoisotopic (exact) mass is 270 g/mol. The van der Waals surface area contributed by atoms with Gasteiger partial charge >= 0.3 is 0 Å². The van der Waals surface area contributed by atoms with E-state index in [0.29, 0.717) is 11.3 Å². The number of aryl methyl sites for hydroxylation is 1.